The molecule has 0 saturated heterocycles. The molecule has 0 unspecified atom stereocenters. The zero-order valence-electron chi connectivity index (χ0n) is 12.7. The van der Waals surface area contributed by atoms with Gasteiger partial charge in [0.1, 0.15) is 5.69 Å². The van der Waals surface area contributed by atoms with Gasteiger partial charge in [-0.05, 0) is 43.9 Å². The van der Waals surface area contributed by atoms with Gasteiger partial charge in [0, 0.05) is 34.6 Å². The van der Waals surface area contributed by atoms with E-state index in [9.17, 15) is 0 Å². The Labute approximate surface area is 127 Å². The van der Waals surface area contributed by atoms with Gasteiger partial charge in [0.25, 0.3) is 0 Å². The second-order valence-electron chi connectivity index (χ2n) is 6.23. The maximum atomic E-state index is 4.55. The van der Waals surface area contributed by atoms with Gasteiger partial charge in [-0.3, -0.25) is 9.78 Å². The number of fused-ring (bicyclic) bond motifs is 6. The smallest absolute Gasteiger partial charge is 0.112 e. The molecule has 110 valence electrons. The molecule has 4 aromatic rings. The zero-order chi connectivity index (χ0) is 14.8. The van der Waals surface area contributed by atoms with Crippen LogP contribution >= 0.6 is 0 Å². The Morgan fingerprint density at radius 1 is 1.18 bits per heavy atom. The number of aromatic nitrogens is 5. The van der Waals surface area contributed by atoms with Crippen LogP contribution in [0.25, 0.3) is 33.2 Å². The topological polar surface area (TPSA) is 62.3 Å². The fraction of sp³-hybridized carbons (Fsp3) is 0.294. The normalized spacial score (nSPS) is 14.3. The average molecular weight is 291 g/mol. The number of H-pyrrole nitrogens is 2. The third-order valence-corrected chi connectivity index (χ3v) is 4.94. The number of rotatable bonds is 0. The van der Waals surface area contributed by atoms with Crippen LogP contribution in [0.15, 0.2) is 18.3 Å². The first kappa shape index (κ1) is 12.0. The molecule has 2 N–H and O–H groups in total. The van der Waals surface area contributed by atoms with Crippen molar-refractivity contribution in [2.24, 2.45) is 7.05 Å². The van der Waals surface area contributed by atoms with Crippen LogP contribution in [0.5, 0.6) is 0 Å². The van der Waals surface area contributed by atoms with Gasteiger partial charge in [-0.15, -0.1) is 0 Å². The second kappa shape index (κ2) is 4.00. The SMILES string of the molecule is Cc1[nH]nc2c1CCCc1c-2[nH]c2cc3cnn(C)c3cc12. The molecule has 0 radical (unpaired) electrons. The van der Waals surface area contributed by atoms with E-state index in [2.05, 4.69) is 39.3 Å². The van der Waals surface area contributed by atoms with Crippen LogP contribution in [-0.4, -0.2) is 25.0 Å². The molecule has 5 heteroatoms. The maximum Gasteiger partial charge on any atom is 0.112 e. The molecule has 1 aromatic carbocycles. The van der Waals surface area contributed by atoms with Crippen LogP contribution in [-0.2, 0) is 19.9 Å². The predicted molar refractivity (Wildman–Crippen MR) is 86.9 cm³/mol. The molecule has 1 aliphatic rings. The Hall–Kier alpha value is -2.56. The van der Waals surface area contributed by atoms with Crippen molar-refractivity contribution in [3.63, 3.8) is 0 Å². The van der Waals surface area contributed by atoms with E-state index in [1.54, 1.807) is 0 Å². The van der Waals surface area contributed by atoms with Crippen molar-refractivity contribution in [2.75, 3.05) is 0 Å². The van der Waals surface area contributed by atoms with Crippen molar-refractivity contribution in [3.8, 4) is 11.4 Å². The summed E-state index contributed by atoms with van der Waals surface area (Å²) in [5.41, 5.74) is 8.59. The van der Waals surface area contributed by atoms with Crippen LogP contribution in [0.3, 0.4) is 0 Å². The molecule has 0 amide bonds. The van der Waals surface area contributed by atoms with E-state index in [1.807, 2.05) is 17.9 Å². The summed E-state index contributed by atoms with van der Waals surface area (Å²) >= 11 is 0. The maximum absolute atomic E-state index is 4.55. The lowest BCUT2D eigenvalue weighted by Crippen LogP contribution is -1.89. The first-order valence-electron chi connectivity index (χ1n) is 7.73. The molecule has 0 aliphatic heterocycles. The van der Waals surface area contributed by atoms with Crippen molar-refractivity contribution >= 4 is 21.8 Å². The monoisotopic (exact) mass is 291 g/mol. The highest BCUT2D eigenvalue weighted by Crippen LogP contribution is 2.37. The summed E-state index contributed by atoms with van der Waals surface area (Å²) in [6, 6.07) is 4.46. The van der Waals surface area contributed by atoms with E-state index in [0.29, 0.717) is 0 Å². The van der Waals surface area contributed by atoms with Gasteiger partial charge >= 0.3 is 0 Å². The summed E-state index contributed by atoms with van der Waals surface area (Å²) in [4.78, 5) is 3.61. The number of nitrogens with zero attached hydrogens (tertiary/aromatic N) is 3. The number of hydrogen-bond acceptors (Lipinski definition) is 2. The van der Waals surface area contributed by atoms with E-state index in [0.717, 1.165) is 25.0 Å². The number of hydrogen-bond donors (Lipinski definition) is 2. The minimum Gasteiger partial charge on any atom is -0.353 e. The largest absolute Gasteiger partial charge is 0.353 e. The van der Waals surface area contributed by atoms with Gasteiger partial charge in [-0.25, -0.2) is 0 Å². The molecule has 3 aromatic heterocycles. The van der Waals surface area contributed by atoms with Crippen LogP contribution in [0.4, 0.5) is 0 Å². The van der Waals surface area contributed by atoms with E-state index >= 15 is 0 Å². The quantitative estimate of drug-likeness (QED) is 0.522. The Bertz CT molecular complexity index is 1030. The number of aromatic amines is 2. The predicted octanol–water partition coefficient (Wildman–Crippen LogP) is 3.24. The van der Waals surface area contributed by atoms with Gasteiger partial charge in [0.05, 0.1) is 17.4 Å². The van der Waals surface area contributed by atoms with E-state index < -0.39 is 0 Å². The van der Waals surface area contributed by atoms with E-state index in [4.69, 9.17) is 0 Å². The van der Waals surface area contributed by atoms with Crippen LogP contribution in [0.2, 0.25) is 0 Å². The third kappa shape index (κ3) is 1.43. The molecule has 0 saturated carbocycles. The molecular weight excluding hydrogens is 274 g/mol. The highest BCUT2D eigenvalue weighted by molar-refractivity contribution is 6.00. The Balaban J connectivity index is 1.88. The van der Waals surface area contributed by atoms with E-state index in [-0.39, 0.29) is 0 Å². The average Bonchev–Trinajstić information content (AvgIpc) is 3.12. The molecule has 1 aliphatic carbocycles. The zero-order valence-corrected chi connectivity index (χ0v) is 12.7. The molecule has 3 heterocycles. The minimum atomic E-state index is 1.09. The molecular formula is C17H17N5. The summed E-state index contributed by atoms with van der Waals surface area (Å²) in [7, 11) is 1.99. The van der Waals surface area contributed by atoms with Crippen LogP contribution in [0.1, 0.15) is 23.2 Å². The van der Waals surface area contributed by atoms with Gasteiger partial charge in [0.2, 0.25) is 0 Å². The number of aryl methyl sites for hydroxylation is 3. The first-order valence-corrected chi connectivity index (χ1v) is 7.73. The summed E-state index contributed by atoms with van der Waals surface area (Å²) < 4.78 is 1.94. The second-order valence-corrected chi connectivity index (χ2v) is 6.23. The molecule has 0 bridgehead atoms. The van der Waals surface area contributed by atoms with Gasteiger partial charge < -0.3 is 4.98 Å². The fourth-order valence-electron chi connectivity index (χ4n) is 3.77. The molecule has 0 fully saturated rings. The number of nitrogens with one attached hydrogen (secondary N) is 2. The highest BCUT2D eigenvalue weighted by Gasteiger charge is 2.23. The Morgan fingerprint density at radius 3 is 2.95 bits per heavy atom. The first-order chi connectivity index (χ1) is 10.7. The van der Waals surface area contributed by atoms with Crippen molar-refractivity contribution in [1.29, 1.82) is 0 Å². The molecule has 0 atom stereocenters. The lowest BCUT2D eigenvalue weighted by molar-refractivity contribution is 0.797. The standard InChI is InChI=1S/C17H17N5/c1-9-11-4-3-5-12-13-7-15-10(8-18-22(15)2)6-14(13)19-16(12)17(11)21-20-9/h6-8,19H,3-5H2,1-2H3,(H,20,21). The molecule has 5 nitrogen and oxygen atoms in total. The summed E-state index contributed by atoms with van der Waals surface area (Å²) in [6.45, 7) is 2.11. The number of benzene rings is 1. The molecule has 22 heavy (non-hydrogen) atoms. The Morgan fingerprint density at radius 2 is 2.05 bits per heavy atom. The van der Waals surface area contributed by atoms with Gasteiger partial charge in [-0.2, -0.15) is 10.2 Å². The van der Waals surface area contributed by atoms with Gasteiger partial charge in [0.15, 0.2) is 0 Å². The van der Waals surface area contributed by atoms with Crippen molar-refractivity contribution in [3.05, 3.63) is 35.2 Å². The van der Waals surface area contributed by atoms with Crippen molar-refractivity contribution in [2.45, 2.75) is 26.2 Å². The minimum absolute atomic E-state index is 1.09. The Kier molecular flexibility index (Phi) is 2.19. The lowest BCUT2D eigenvalue weighted by Gasteiger charge is -2.00. The lowest BCUT2D eigenvalue weighted by atomic mass is 10.0. The summed E-state index contributed by atoms with van der Waals surface area (Å²) in [5, 5.41) is 14.5. The molecule has 5 rings (SSSR count). The van der Waals surface area contributed by atoms with Crippen LogP contribution in [0, 0.1) is 6.92 Å². The highest BCUT2D eigenvalue weighted by atomic mass is 15.2. The van der Waals surface area contributed by atoms with Crippen molar-refractivity contribution in [1.82, 2.24) is 25.0 Å². The van der Waals surface area contributed by atoms with E-state index in [1.165, 1.54) is 44.3 Å². The van der Waals surface area contributed by atoms with Crippen LogP contribution < -0.4 is 0 Å². The summed E-state index contributed by atoms with van der Waals surface area (Å²) in [6.07, 6.45) is 5.27. The third-order valence-electron chi connectivity index (χ3n) is 4.94. The molecule has 0 spiro atoms. The van der Waals surface area contributed by atoms with Gasteiger partial charge in [-0.1, -0.05) is 0 Å². The fourth-order valence-corrected chi connectivity index (χ4v) is 3.77. The van der Waals surface area contributed by atoms with Crippen molar-refractivity contribution < 1.29 is 0 Å². The summed E-state index contributed by atoms with van der Waals surface area (Å²) in [5.74, 6) is 0.